The molecule has 3 heteroatoms. The zero-order valence-corrected chi connectivity index (χ0v) is 13.3. The van der Waals surface area contributed by atoms with Crippen LogP contribution in [0.1, 0.15) is 39.0 Å². The zero-order valence-electron chi connectivity index (χ0n) is 12.5. The lowest BCUT2D eigenvalue weighted by Crippen LogP contribution is -2.20. The highest BCUT2D eigenvalue weighted by Crippen LogP contribution is 2.49. The van der Waals surface area contributed by atoms with Crippen molar-refractivity contribution in [2.75, 3.05) is 0 Å². The Hall–Kier alpha value is -1.48. The summed E-state index contributed by atoms with van der Waals surface area (Å²) in [6.07, 6.45) is 16.5. The lowest BCUT2D eigenvalue weighted by atomic mass is 9.83. The van der Waals surface area contributed by atoms with Gasteiger partial charge in [0.25, 0.3) is 0 Å². The summed E-state index contributed by atoms with van der Waals surface area (Å²) in [4.78, 5) is 2.93. The SMILES string of the molecule is CCCC1C=CC=C(C(=N)N)/C1=C1/CC2=C(CCC=C2)S1. The van der Waals surface area contributed by atoms with Crippen molar-refractivity contribution in [3.8, 4) is 0 Å². The van der Waals surface area contributed by atoms with E-state index in [4.69, 9.17) is 11.1 Å². The van der Waals surface area contributed by atoms with Gasteiger partial charge in [-0.2, -0.15) is 0 Å². The first-order valence-corrected chi connectivity index (χ1v) is 8.55. The number of nitrogens with two attached hydrogens (primary N) is 1. The highest BCUT2D eigenvalue weighted by atomic mass is 32.2. The van der Waals surface area contributed by atoms with E-state index in [9.17, 15) is 0 Å². The smallest absolute Gasteiger partial charge is 0.123 e. The summed E-state index contributed by atoms with van der Waals surface area (Å²) in [5, 5.41) is 7.91. The molecule has 1 unspecified atom stereocenters. The van der Waals surface area contributed by atoms with E-state index < -0.39 is 0 Å². The lowest BCUT2D eigenvalue weighted by molar-refractivity contribution is 0.659. The third kappa shape index (κ3) is 2.80. The molecule has 2 aliphatic carbocycles. The van der Waals surface area contributed by atoms with Crippen LogP contribution in [-0.2, 0) is 0 Å². The van der Waals surface area contributed by atoms with Gasteiger partial charge in [0.1, 0.15) is 5.84 Å². The fourth-order valence-electron chi connectivity index (χ4n) is 3.29. The molecule has 3 rings (SSSR count). The maximum atomic E-state index is 7.91. The monoisotopic (exact) mass is 298 g/mol. The Labute approximate surface area is 131 Å². The van der Waals surface area contributed by atoms with Crippen LogP contribution in [0, 0.1) is 11.3 Å². The minimum absolute atomic E-state index is 0.198. The second-order valence-electron chi connectivity index (χ2n) is 5.78. The molecule has 0 saturated carbocycles. The van der Waals surface area contributed by atoms with Crippen LogP contribution in [0.4, 0.5) is 0 Å². The van der Waals surface area contributed by atoms with Gasteiger partial charge in [-0.25, -0.2) is 0 Å². The Morgan fingerprint density at radius 3 is 3.00 bits per heavy atom. The summed E-state index contributed by atoms with van der Waals surface area (Å²) in [6, 6.07) is 0. The molecule has 0 amide bonds. The van der Waals surface area contributed by atoms with Gasteiger partial charge in [0.05, 0.1) is 0 Å². The second kappa shape index (κ2) is 6.10. The molecule has 0 bridgehead atoms. The van der Waals surface area contributed by atoms with Gasteiger partial charge < -0.3 is 5.73 Å². The van der Waals surface area contributed by atoms with Gasteiger partial charge in [-0.3, -0.25) is 5.41 Å². The molecule has 0 aromatic carbocycles. The molecule has 1 aliphatic heterocycles. The van der Waals surface area contributed by atoms with Crippen molar-refractivity contribution in [3.05, 3.63) is 56.9 Å². The molecule has 0 fully saturated rings. The van der Waals surface area contributed by atoms with Crippen molar-refractivity contribution in [2.24, 2.45) is 11.7 Å². The molecule has 0 aromatic heterocycles. The fourth-order valence-corrected chi connectivity index (χ4v) is 4.68. The number of rotatable bonds is 3. The van der Waals surface area contributed by atoms with E-state index in [2.05, 4.69) is 31.2 Å². The van der Waals surface area contributed by atoms with E-state index in [-0.39, 0.29) is 5.84 Å². The van der Waals surface area contributed by atoms with Crippen LogP contribution < -0.4 is 5.73 Å². The Morgan fingerprint density at radius 2 is 2.29 bits per heavy atom. The quantitative estimate of drug-likeness (QED) is 0.579. The molecule has 0 aromatic rings. The van der Waals surface area contributed by atoms with E-state index in [1.165, 1.54) is 27.4 Å². The average molecular weight is 298 g/mol. The summed E-state index contributed by atoms with van der Waals surface area (Å²) in [5.74, 6) is 0.607. The molecule has 1 heterocycles. The second-order valence-corrected chi connectivity index (χ2v) is 6.97. The molecule has 3 aliphatic rings. The number of nitrogens with one attached hydrogen (secondary N) is 1. The molecule has 2 nitrogen and oxygen atoms in total. The zero-order chi connectivity index (χ0) is 14.8. The van der Waals surface area contributed by atoms with E-state index in [1.807, 2.05) is 17.8 Å². The van der Waals surface area contributed by atoms with Crippen LogP contribution in [-0.4, -0.2) is 5.84 Å². The Balaban J connectivity index is 1.98. The van der Waals surface area contributed by atoms with Crippen LogP contribution in [0.15, 0.2) is 56.9 Å². The van der Waals surface area contributed by atoms with Crippen molar-refractivity contribution < 1.29 is 0 Å². The van der Waals surface area contributed by atoms with Gasteiger partial charge in [-0.15, -0.1) is 0 Å². The molecule has 3 N–H and O–H groups in total. The molecule has 1 atom stereocenters. The molecule has 21 heavy (non-hydrogen) atoms. The van der Waals surface area contributed by atoms with Crippen molar-refractivity contribution in [1.29, 1.82) is 5.41 Å². The van der Waals surface area contributed by atoms with Gasteiger partial charge in [0.15, 0.2) is 0 Å². The predicted molar refractivity (Wildman–Crippen MR) is 92.2 cm³/mol. The third-order valence-corrected chi connectivity index (χ3v) is 5.59. The van der Waals surface area contributed by atoms with Gasteiger partial charge in [-0.1, -0.05) is 55.5 Å². The summed E-state index contributed by atoms with van der Waals surface area (Å²) < 4.78 is 0. The average Bonchev–Trinajstić information content (AvgIpc) is 2.90. The normalized spacial score (nSPS) is 27.9. The molecule has 0 spiro atoms. The number of allylic oxidation sites excluding steroid dienone is 8. The predicted octanol–water partition coefficient (Wildman–Crippen LogP) is 4.83. The van der Waals surface area contributed by atoms with E-state index in [0.29, 0.717) is 5.92 Å². The van der Waals surface area contributed by atoms with Crippen LogP contribution in [0.5, 0.6) is 0 Å². The summed E-state index contributed by atoms with van der Waals surface area (Å²) >= 11 is 1.93. The van der Waals surface area contributed by atoms with Crippen molar-refractivity contribution in [3.63, 3.8) is 0 Å². The molecule has 110 valence electrons. The molecule has 0 saturated heterocycles. The van der Waals surface area contributed by atoms with Gasteiger partial charge in [0, 0.05) is 17.9 Å². The standard InChI is InChI=1S/C18H22N2S/c1-2-6-12-8-5-9-14(18(19)20)17(12)16-11-13-7-3-4-10-15(13)21-16/h3,5,7-9,12H,2,4,6,10-11H2,1H3,(H3,19,20)/b17-16-. The fraction of sp³-hybridized carbons (Fsp3) is 0.389. The minimum atomic E-state index is 0.198. The summed E-state index contributed by atoms with van der Waals surface area (Å²) in [6.45, 7) is 2.22. The highest BCUT2D eigenvalue weighted by Gasteiger charge is 2.28. The van der Waals surface area contributed by atoms with Crippen molar-refractivity contribution in [1.82, 2.24) is 0 Å². The number of hydrogen-bond donors (Lipinski definition) is 2. The van der Waals surface area contributed by atoms with Crippen molar-refractivity contribution in [2.45, 2.75) is 39.0 Å². The van der Waals surface area contributed by atoms with Crippen LogP contribution in [0.2, 0.25) is 0 Å². The number of hydrogen-bond acceptors (Lipinski definition) is 2. The number of thioether (sulfide) groups is 1. The van der Waals surface area contributed by atoms with Gasteiger partial charge >= 0.3 is 0 Å². The Morgan fingerprint density at radius 1 is 1.43 bits per heavy atom. The van der Waals surface area contributed by atoms with Crippen LogP contribution >= 0.6 is 11.8 Å². The van der Waals surface area contributed by atoms with Crippen molar-refractivity contribution >= 4 is 17.6 Å². The topological polar surface area (TPSA) is 49.9 Å². The Bertz CT molecular complexity index is 617. The first-order valence-electron chi connectivity index (χ1n) is 7.73. The molecule has 0 radical (unpaired) electrons. The molecular formula is C18H22N2S. The Kier molecular flexibility index (Phi) is 4.20. The van der Waals surface area contributed by atoms with Crippen LogP contribution in [0.3, 0.4) is 0 Å². The van der Waals surface area contributed by atoms with Crippen LogP contribution in [0.25, 0.3) is 0 Å². The van der Waals surface area contributed by atoms with E-state index in [1.54, 1.807) is 0 Å². The summed E-state index contributed by atoms with van der Waals surface area (Å²) in [7, 11) is 0. The minimum Gasteiger partial charge on any atom is -0.384 e. The van der Waals surface area contributed by atoms with Gasteiger partial charge in [0.2, 0.25) is 0 Å². The first kappa shape index (κ1) is 14.5. The number of amidine groups is 1. The third-order valence-electron chi connectivity index (χ3n) is 4.27. The summed E-state index contributed by atoms with van der Waals surface area (Å²) in [5.41, 5.74) is 9.55. The van der Waals surface area contributed by atoms with E-state index >= 15 is 0 Å². The van der Waals surface area contributed by atoms with Gasteiger partial charge in [-0.05, 0) is 40.2 Å². The molecular weight excluding hydrogens is 276 g/mol. The largest absolute Gasteiger partial charge is 0.384 e. The maximum absolute atomic E-state index is 7.91. The van der Waals surface area contributed by atoms with E-state index in [0.717, 1.165) is 31.3 Å². The highest BCUT2D eigenvalue weighted by molar-refractivity contribution is 8.07. The maximum Gasteiger partial charge on any atom is 0.123 e. The first-order chi connectivity index (χ1) is 10.2. The lowest BCUT2D eigenvalue weighted by Gasteiger charge is -2.24.